The topological polar surface area (TPSA) is 26.0 Å². The number of aryl methyl sites for hydroxylation is 2. The van der Waals surface area contributed by atoms with Gasteiger partial charge in [0.2, 0.25) is 0 Å². The minimum absolute atomic E-state index is 0.0709. The first kappa shape index (κ1) is 11.3. The molecular formula is C13H21N. The van der Waals surface area contributed by atoms with Gasteiger partial charge in [0, 0.05) is 5.54 Å². The van der Waals surface area contributed by atoms with Crippen LogP contribution < -0.4 is 5.73 Å². The lowest BCUT2D eigenvalue weighted by molar-refractivity contribution is 0.449. The molecule has 1 rings (SSSR count). The molecule has 2 N–H and O–H groups in total. The van der Waals surface area contributed by atoms with Gasteiger partial charge in [0.25, 0.3) is 0 Å². The molecule has 0 radical (unpaired) electrons. The van der Waals surface area contributed by atoms with Gasteiger partial charge in [0.1, 0.15) is 0 Å². The van der Waals surface area contributed by atoms with Crippen molar-refractivity contribution in [2.75, 3.05) is 0 Å². The monoisotopic (exact) mass is 191 g/mol. The van der Waals surface area contributed by atoms with Gasteiger partial charge in [-0.05, 0) is 44.7 Å². The summed E-state index contributed by atoms with van der Waals surface area (Å²) >= 11 is 0. The van der Waals surface area contributed by atoms with Crippen molar-refractivity contribution < 1.29 is 0 Å². The van der Waals surface area contributed by atoms with E-state index in [-0.39, 0.29) is 5.54 Å². The predicted octanol–water partition coefficient (Wildman–Crippen LogP) is 2.97. The minimum Gasteiger partial charge on any atom is -0.325 e. The lowest BCUT2D eigenvalue weighted by Gasteiger charge is -2.23. The molecule has 1 aromatic carbocycles. The lowest BCUT2D eigenvalue weighted by Crippen LogP contribution is -2.37. The normalized spacial score (nSPS) is 15.2. The Bertz CT molecular complexity index is 313. The van der Waals surface area contributed by atoms with Gasteiger partial charge in [-0.2, -0.15) is 0 Å². The quantitative estimate of drug-likeness (QED) is 0.781. The largest absolute Gasteiger partial charge is 0.325 e. The molecule has 1 unspecified atom stereocenters. The van der Waals surface area contributed by atoms with E-state index in [2.05, 4.69) is 45.9 Å². The average molecular weight is 191 g/mol. The van der Waals surface area contributed by atoms with Crippen molar-refractivity contribution >= 4 is 0 Å². The van der Waals surface area contributed by atoms with Gasteiger partial charge < -0.3 is 5.73 Å². The zero-order valence-electron chi connectivity index (χ0n) is 9.72. The third kappa shape index (κ3) is 2.85. The summed E-state index contributed by atoms with van der Waals surface area (Å²) in [7, 11) is 0. The van der Waals surface area contributed by atoms with Crippen molar-refractivity contribution in [2.45, 2.75) is 46.1 Å². The van der Waals surface area contributed by atoms with Gasteiger partial charge in [-0.1, -0.05) is 30.7 Å². The summed E-state index contributed by atoms with van der Waals surface area (Å²) in [5.74, 6) is 0. The molecule has 14 heavy (non-hydrogen) atoms. The van der Waals surface area contributed by atoms with Crippen LogP contribution in [0.15, 0.2) is 18.2 Å². The highest BCUT2D eigenvalue weighted by atomic mass is 14.7. The molecule has 1 nitrogen and oxygen atoms in total. The fraction of sp³-hybridized carbons (Fsp3) is 0.538. The van der Waals surface area contributed by atoms with Crippen LogP contribution >= 0.6 is 0 Å². The zero-order chi connectivity index (χ0) is 10.8. The number of hydrogen-bond acceptors (Lipinski definition) is 1. The predicted molar refractivity (Wildman–Crippen MR) is 62.5 cm³/mol. The number of rotatable bonds is 3. The third-order valence-corrected chi connectivity index (χ3v) is 2.91. The molecule has 0 saturated carbocycles. The van der Waals surface area contributed by atoms with E-state index in [4.69, 9.17) is 5.73 Å². The number of nitrogens with two attached hydrogens (primary N) is 1. The standard InChI is InChI=1S/C13H21N/c1-5-13(4,14)9-12-8-10(2)6-7-11(12)3/h6-8H,5,9,14H2,1-4H3. The summed E-state index contributed by atoms with van der Waals surface area (Å²) in [4.78, 5) is 0. The van der Waals surface area contributed by atoms with Gasteiger partial charge in [0.05, 0.1) is 0 Å². The van der Waals surface area contributed by atoms with Gasteiger partial charge in [-0.3, -0.25) is 0 Å². The molecule has 1 aromatic rings. The third-order valence-electron chi connectivity index (χ3n) is 2.91. The molecule has 0 aliphatic carbocycles. The molecule has 0 bridgehead atoms. The molecule has 0 fully saturated rings. The second-order valence-electron chi connectivity index (χ2n) is 4.61. The summed E-state index contributed by atoms with van der Waals surface area (Å²) < 4.78 is 0. The first-order chi connectivity index (χ1) is 6.44. The maximum atomic E-state index is 6.17. The van der Waals surface area contributed by atoms with E-state index in [1.54, 1.807) is 0 Å². The van der Waals surface area contributed by atoms with Gasteiger partial charge in [-0.15, -0.1) is 0 Å². The van der Waals surface area contributed by atoms with E-state index in [1.807, 2.05) is 0 Å². The zero-order valence-corrected chi connectivity index (χ0v) is 9.72. The molecule has 0 amide bonds. The van der Waals surface area contributed by atoms with Crippen LogP contribution in [-0.4, -0.2) is 5.54 Å². The summed E-state index contributed by atoms with van der Waals surface area (Å²) in [6, 6.07) is 6.57. The Morgan fingerprint density at radius 3 is 2.50 bits per heavy atom. The fourth-order valence-corrected chi connectivity index (χ4v) is 1.55. The maximum Gasteiger partial charge on any atom is 0.0163 e. The highest BCUT2D eigenvalue weighted by Crippen LogP contribution is 2.18. The number of benzene rings is 1. The summed E-state index contributed by atoms with van der Waals surface area (Å²) in [5.41, 5.74) is 10.1. The molecule has 0 aliphatic heterocycles. The smallest absolute Gasteiger partial charge is 0.0163 e. The van der Waals surface area contributed by atoms with Gasteiger partial charge in [-0.25, -0.2) is 0 Å². The summed E-state index contributed by atoms with van der Waals surface area (Å²) in [6.07, 6.45) is 1.98. The molecule has 1 atom stereocenters. The first-order valence-corrected chi connectivity index (χ1v) is 5.29. The molecule has 0 aromatic heterocycles. The highest BCUT2D eigenvalue weighted by Gasteiger charge is 2.17. The van der Waals surface area contributed by atoms with Crippen molar-refractivity contribution in [3.05, 3.63) is 34.9 Å². The summed E-state index contributed by atoms with van der Waals surface area (Å²) in [6.45, 7) is 8.54. The Labute approximate surface area is 87.3 Å². The molecular weight excluding hydrogens is 170 g/mol. The second kappa shape index (κ2) is 4.14. The van der Waals surface area contributed by atoms with Crippen LogP contribution in [0.3, 0.4) is 0 Å². The Morgan fingerprint density at radius 2 is 1.93 bits per heavy atom. The maximum absolute atomic E-state index is 6.17. The number of hydrogen-bond donors (Lipinski definition) is 1. The van der Waals surface area contributed by atoms with Crippen molar-refractivity contribution in [1.29, 1.82) is 0 Å². The Hall–Kier alpha value is -0.820. The Balaban J connectivity index is 2.91. The Morgan fingerprint density at radius 1 is 1.29 bits per heavy atom. The van der Waals surface area contributed by atoms with Crippen LogP contribution in [0.25, 0.3) is 0 Å². The van der Waals surface area contributed by atoms with Crippen molar-refractivity contribution in [2.24, 2.45) is 5.73 Å². The van der Waals surface area contributed by atoms with Crippen molar-refractivity contribution in [3.8, 4) is 0 Å². The minimum atomic E-state index is -0.0709. The van der Waals surface area contributed by atoms with Crippen LogP contribution in [-0.2, 0) is 6.42 Å². The lowest BCUT2D eigenvalue weighted by atomic mass is 9.89. The summed E-state index contributed by atoms with van der Waals surface area (Å²) in [5, 5.41) is 0. The highest BCUT2D eigenvalue weighted by molar-refractivity contribution is 5.31. The Kier molecular flexibility index (Phi) is 3.33. The first-order valence-electron chi connectivity index (χ1n) is 5.29. The molecule has 1 heteroatoms. The second-order valence-corrected chi connectivity index (χ2v) is 4.61. The SMILES string of the molecule is CCC(C)(N)Cc1cc(C)ccc1C. The van der Waals surface area contributed by atoms with E-state index in [9.17, 15) is 0 Å². The molecule has 0 spiro atoms. The van der Waals surface area contributed by atoms with Crippen molar-refractivity contribution in [1.82, 2.24) is 0 Å². The van der Waals surface area contributed by atoms with Crippen LogP contribution in [0.4, 0.5) is 0 Å². The van der Waals surface area contributed by atoms with Gasteiger partial charge in [0.15, 0.2) is 0 Å². The van der Waals surface area contributed by atoms with E-state index in [0.29, 0.717) is 0 Å². The molecule has 0 heterocycles. The molecule has 78 valence electrons. The molecule has 0 saturated heterocycles. The average Bonchev–Trinajstić information content (AvgIpc) is 2.11. The van der Waals surface area contributed by atoms with Crippen LogP contribution in [0.2, 0.25) is 0 Å². The van der Waals surface area contributed by atoms with Crippen LogP contribution in [0, 0.1) is 13.8 Å². The fourth-order valence-electron chi connectivity index (χ4n) is 1.55. The van der Waals surface area contributed by atoms with E-state index < -0.39 is 0 Å². The molecule has 0 aliphatic rings. The van der Waals surface area contributed by atoms with E-state index in [1.165, 1.54) is 16.7 Å². The van der Waals surface area contributed by atoms with Crippen LogP contribution in [0.5, 0.6) is 0 Å². The van der Waals surface area contributed by atoms with Crippen LogP contribution in [0.1, 0.15) is 37.0 Å². The van der Waals surface area contributed by atoms with E-state index >= 15 is 0 Å². The van der Waals surface area contributed by atoms with Gasteiger partial charge >= 0.3 is 0 Å². The van der Waals surface area contributed by atoms with Crippen molar-refractivity contribution in [3.63, 3.8) is 0 Å². The van der Waals surface area contributed by atoms with E-state index in [0.717, 1.165) is 12.8 Å².